The monoisotopic (exact) mass is 316 g/mol. The van der Waals surface area contributed by atoms with Crippen LogP contribution < -0.4 is 5.32 Å². The maximum Gasteiger partial charge on any atom is 0.263 e. The lowest BCUT2D eigenvalue weighted by molar-refractivity contribution is -0.00784. The highest BCUT2D eigenvalue weighted by Crippen LogP contribution is 2.28. The molecule has 2 rings (SSSR count). The van der Waals surface area contributed by atoms with E-state index in [0.717, 1.165) is 12.2 Å². The molecule has 0 unspecified atom stereocenters. The number of aromatic amines is 1. The molecule has 2 N–H and O–H groups in total. The molecule has 1 aliphatic heterocycles. The summed E-state index contributed by atoms with van der Waals surface area (Å²) < 4.78 is 32.8. The molecule has 7 nitrogen and oxygen atoms in total. The Labute approximate surface area is 126 Å². The number of aromatic nitrogens is 2. The molecule has 0 aromatic carbocycles. The van der Waals surface area contributed by atoms with E-state index in [1.165, 1.54) is 4.31 Å². The molecule has 0 amide bonds. The molecule has 1 fully saturated rings. The van der Waals surface area contributed by atoms with E-state index in [0.29, 0.717) is 31.9 Å². The van der Waals surface area contributed by atoms with E-state index in [4.69, 9.17) is 4.74 Å². The molecule has 1 aromatic rings. The van der Waals surface area contributed by atoms with Crippen molar-refractivity contribution in [3.05, 3.63) is 11.3 Å². The summed E-state index contributed by atoms with van der Waals surface area (Å²) in [6.45, 7) is 9.96. The normalized spacial score (nSPS) is 19.8. The highest BCUT2D eigenvalue weighted by atomic mass is 32.2. The van der Waals surface area contributed by atoms with Crippen LogP contribution in [-0.4, -0.2) is 54.8 Å². The third kappa shape index (κ3) is 3.13. The zero-order chi connectivity index (χ0) is 15.7. The Bertz CT molecular complexity index is 595. The van der Waals surface area contributed by atoms with Gasteiger partial charge in [-0.05, 0) is 27.3 Å². The molecule has 1 saturated heterocycles. The van der Waals surface area contributed by atoms with Gasteiger partial charge in [-0.15, -0.1) is 0 Å². The van der Waals surface area contributed by atoms with Gasteiger partial charge in [-0.2, -0.15) is 9.40 Å². The Morgan fingerprint density at radius 2 is 2.19 bits per heavy atom. The van der Waals surface area contributed by atoms with Gasteiger partial charge in [0.1, 0.15) is 0 Å². The van der Waals surface area contributed by atoms with Gasteiger partial charge in [-0.25, -0.2) is 8.42 Å². The molecule has 0 atom stereocenters. The van der Waals surface area contributed by atoms with E-state index in [-0.39, 0.29) is 5.03 Å². The first kappa shape index (κ1) is 16.4. The summed E-state index contributed by atoms with van der Waals surface area (Å²) in [5.74, 6) is 0. The average Bonchev–Trinajstić information content (AvgIpc) is 2.77. The van der Waals surface area contributed by atoms with E-state index in [1.807, 2.05) is 27.7 Å². The third-order valence-corrected chi connectivity index (χ3v) is 5.77. The lowest BCUT2D eigenvalue weighted by atomic mass is 10.1. The average molecular weight is 316 g/mol. The molecule has 120 valence electrons. The van der Waals surface area contributed by atoms with E-state index in [1.54, 1.807) is 0 Å². The number of sulfonamides is 1. The van der Waals surface area contributed by atoms with E-state index in [9.17, 15) is 8.42 Å². The molecule has 21 heavy (non-hydrogen) atoms. The largest absolute Gasteiger partial charge is 0.378 e. The minimum Gasteiger partial charge on any atom is -0.378 e. The zero-order valence-electron chi connectivity index (χ0n) is 13.1. The van der Waals surface area contributed by atoms with Crippen molar-refractivity contribution < 1.29 is 13.2 Å². The number of nitrogens with one attached hydrogen (secondary N) is 2. The molecule has 0 aliphatic carbocycles. The first-order valence-corrected chi connectivity index (χ1v) is 8.60. The van der Waals surface area contributed by atoms with Crippen LogP contribution >= 0.6 is 0 Å². The molecule has 1 aliphatic rings. The number of nitrogens with zero attached hydrogens (tertiary/aromatic N) is 2. The molecule has 2 heterocycles. The van der Waals surface area contributed by atoms with Gasteiger partial charge in [0.15, 0.2) is 5.03 Å². The fourth-order valence-corrected chi connectivity index (χ4v) is 4.42. The van der Waals surface area contributed by atoms with Crippen molar-refractivity contribution in [3.8, 4) is 0 Å². The molecule has 8 heteroatoms. The first-order valence-electron chi connectivity index (χ1n) is 7.16. The van der Waals surface area contributed by atoms with Gasteiger partial charge in [0.05, 0.1) is 18.8 Å². The summed E-state index contributed by atoms with van der Waals surface area (Å²) in [6.07, 6.45) is 0. The predicted octanol–water partition coefficient (Wildman–Crippen LogP) is 0.627. The second-order valence-corrected chi connectivity index (χ2v) is 7.63. The molecule has 0 saturated carbocycles. The second-order valence-electron chi connectivity index (χ2n) is 5.85. The van der Waals surface area contributed by atoms with Crippen molar-refractivity contribution >= 4 is 10.0 Å². The maximum atomic E-state index is 13.0. The highest BCUT2D eigenvalue weighted by Gasteiger charge is 2.42. The number of aryl methyl sites for hydroxylation is 1. The van der Waals surface area contributed by atoms with Crippen LogP contribution in [0.3, 0.4) is 0 Å². The second kappa shape index (κ2) is 6.04. The van der Waals surface area contributed by atoms with Crippen molar-refractivity contribution in [2.24, 2.45) is 0 Å². The summed E-state index contributed by atoms with van der Waals surface area (Å²) in [6, 6.07) is 0. The van der Waals surface area contributed by atoms with Crippen LogP contribution in [0.5, 0.6) is 0 Å². The van der Waals surface area contributed by atoms with Gasteiger partial charge in [0.25, 0.3) is 10.0 Å². The zero-order valence-corrected chi connectivity index (χ0v) is 13.9. The standard InChI is InChI=1S/C13H24N4O3S/c1-5-14-8-11-10(2)15-16-12(11)21(18,19)17-6-7-20-9-13(17,3)4/h14H,5-9H2,1-4H3,(H,15,16). The van der Waals surface area contributed by atoms with E-state index >= 15 is 0 Å². The molecular weight excluding hydrogens is 292 g/mol. The Hall–Kier alpha value is -0.960. The summed E-state index contributed by atoms with van der Waals surface area (Å²) in [7, 11) is -3.64. The fraction of sp³-hybridized carbons (Fsp3) is 0.769. The Morgan fingerprint density at radius 1 is 1.48 bits per heavy atom. The van der Waals surface area contributed by atoms with Crippen LogP contribution in [0, 0.1) is 6.92 Å². The van der Waals surface area contributed by atoms with Crippen molar-refractivity contribution in [3.63, 3.8) is 0 Å². The van der Waals surface area contributed by atoms with Crippen LogP contribution in [0.2, 0.25) is 0 Å². The van der Waals surface area contributed by atoms with Crippen LogP contribution in [0.4, 0.5) is 0 Å². The third-order valence-electron chi connectivity index (χ3n) is 3.69. The Kier molecular flexibility index (Phi) is 4.72. The predicted molar refractivity (Wildman–Crippen MR) is 79.5 cm³/mol. The Balaban J connectivity index is 2.40. The Morgan fingerprint density at radius 3 is 2.81 bits per heavy atom. The number of H-pyrrole nitrogens is 1. The van der Waals surface area contributed by atoms with Crippen molar-refractivity contribution in [1.29, 1.82) is 0 Å². The van der Waals surface area contributed by atoms with Crippen LogP contribution in [0.15, 0.2) is 5.03 Å². The van der Waals surface area contributed by atoms with Crippen molar-refractivity contribution in [1.82, 2.24) is 19.8 Å². The summed E-state index contributed by atoms with van der Waals surface area (Å²) in [5, 5.41) is 10.1. The van der Waals surface area contributed by atoms with Crippen molar-refractivity contribution in [2.45, 2.75) is 44.8 Å². The minimum absolute atomic E-state index is 0.121. The van der Waals surface area contributed by atoms with Crippen LogP contribution in [0.1, 0.15) is 32.0 Å². The molecule has 1 aromatic heterocycles. The summed E-state index contributed by atoms with van der Waals surface area (Å²) >= 11 is 0. The summed E-state index contributed by atoms with van der Waals surface area (Å²) in [5.41, 5.74) is 0.916. The number of hydrogen-bond donors (Lipinski definition) is 2. The topological polar surface area (TPSA) is 87.3 Å². The fourth-order valence-electron chi connectivity index (χ4n) is 2.50. The highest BCUT2D eigenvalue weighted by molar-refractivity contribution is 7.89. The minimum atomic E-state index is -3.64. The smallest absolute Gasteiger partial charge is 0.263 e. The van der Waals surface area contributed by atoms with Gasteiger partial charge >= 0.3 is 0 Å². The van der Waals surface area contributed by atoms with Crippen LogP contribution in [-0.2, 0) is 21.3 Å². The number of morpholine rings is 1. The van der Waals surface area contributed by atoms with Gasteiger partial charge in [0, 0.05) is 24.3 Å². The number of hydrogen-bond acceptors (Lipinski definition) is 5. The van der Waals surface area contributed by atoms with Gasteiger partial charge < -0.3 is 10.1 Å². The molecule has 0 spiro atoms. The number of rotatable bonds is 5. The van der Waals surface area contributed by atoms with E-state index < -0.39 is 15.6 Å². The van der Waals surface area contributed by atoms with Gasteiger partial charge in [-0.3, -0.25) is 5.10 Å². The van der Waals surface area contributed by atoms with Gasteiger partial charge in [-0.1, -0.05) is 6.92 Å². The summed E-state index contributed by atoms with van der Waals surface area (Å²) in [4.78, 5) is 0. The van der Waals surface area contributed by atoms with Crippen LogP contribution in [0.25, 0.3) is 0 Å². The van der Waals surface area contributed by atoms with Gasteiger partial charge in [0.2, 0.25) is 0 Å². The molecule has 0 bridgehead atoms. The lowest BCUT2D eigenvalue weighted by Gasteiger charge is -2.40. The molecule has 0 radical (unpaired) electrons. The quantitative estimate of drug-likeness (QED) is 0.832. The first-order chi connectivity index (χ1) is 9.80. The number of ether oxygens (including phenoxy) is 1. The maximum absolute atomic E-state index is 13.0. The lowest BCUT2D eigenvalue weighted by Crippen LogP contribution is -2.55. The molecular formula is C13H24N4O3S. The van der Waals surface area contributed by atoms with Crippen molar-refractivity contribution in [2.75, 3.05) is 26.3 Å². The SMILES string of the molecule is CCNCc1c(S(=O)(=O)N2CCOCC2(C)C)n[nH]c1C. The van der Waals surface area contributed by atoms with E-state index in [2.05, 4.69) is 15.5 Å².